The van der Waals surface area contributed by atoms with Crippen LogP contribution in [0.1, 0.15) is 0 Å². The maximum Gasteiger partial charge on any atom is 0.450 e. The molecule has 0 heterocycles. The zero-order valence-corrected chi connectivity index (χ0v) is 5.89. The van der Waals surface area contributed by atoms with Crippen LogP contribution in [0.15, 0.2) is 17.9 Å². The van der Waals surface area contributed by atoms with Crippen molar-refractivity contribution in [2.45, 2.75) is 6.18 Å². The Morgan fingerprint density at radius 2 is 2.09 bits per heavy atom. The summed E-state index contributed by atoms with van der Waals surface area (Å²) in [4.78, 5) is 0. The Bertz CT molecular complexity index is 172. The first-order valence-electron chi connectivity index (χ1n) is 2.64. The predicted molar refractivity (Wildman–Crippen MR) is 35.6 cm³/mol. The lowest BCUT2D eigenvalue weighted by Crippen LogP contribution is -2.33. The molecule has 0 spiro atoms. The molecule has 0 aliphatic carbocycles. The quantitative estimate of drug-likeness (QED) is 0.377. The molecule has 6 heteroatoms. The number of halogens is 3. The van der Waals surface area contributed by atoms with Gasteiger partial charge in [0, 0.05) is 13.2 Å². The first-order valence-corrected chi connectivity index (χ1v) is 2.64. The Hall–Kier alpha value is -1.20. The van der Waals surface area contributed by atoms with Gasteiger partial charge >= 0.3 is 6.18 Å². The molecule has 0 amide bonds. The Morgan fingerprint density at radius 3 is 2.36 bits per heavy atom. The minimum absolute atomic E-state index is 0.878. The van der Waals surface area contributed by atoms with E-state index in [2.05, 4.69) is 17.4 Å². The van der Waals surface area contributed by atoms with Crippen molar-refractivity contribution in [3.63, 3.8) is 0 Å². The van der Waals surface area contributed by atoms with E-state index in [4.69, 9.17) is 0 Å². The van der Waals surface area contributed by atoms with Crippen molar-refractivity contribution in [1.82, 2.24) is 5.01 Å². The fourth-order valence-corrected chi connectivity index (χ4v) is 0.267. The van der Waals surface area contributed by atoms with Gasteiger partial charge in [-0.05, 0) is 0 Å². The van der Waals surface area contributed by atoms with E-state index in [0.29, 0.717) is 0 Å². The zero-order chi connectivity index (χ0) is 9.07. The van der Waals surface area contributed by atoms with E-state index in [1.54, 1.807) is 0 Å². The van der Waals surface area contributed by atoms with Crippen LogP contribution in [0.4, 0.5) is 13.2 Å². The number of rotatable bonds is 2. The Kier molecular flexibility index (Phi) is 2.91. The molecule has 0 atom stereocenters. The number of hydrogen-bond donors (Lipinski definition) is 1. The Balaban J connectivity index is 4.33. The monoisotopic (exact) mass is 167 g/mol. The van der Waals surface area contributed by atoms with Crippen LogP contribution in [-0.4, -0.2) is 24.1 Å². The lowest BCUT2D eigenvalue weighted by Gasteiger charge is -2.09. The average molecular weight is 167 g/mol. The van der Waals surface area contributed by atoms with Gasteiger partial charge in [-0.15, -0.1) is 0 Å². The summed E-state index contributed by atoms with van der Waals surface area (Å²) in [6.45, 7) is 3.19. The number of amidine groups is 1. The average Bonchev–Trinajstić information content (AvgIpc) is 1.85. The molecule has 0 aliphatic rings. The molecule has 64 valence electrons. The summed E-state index contributed by atoms with van der Waals surface area (Å²) in [7, 11) is 1.30. The topological polar surface area (TPSA) is 41.6 Å². The second kappa shape index (κ2) is 3.27. The van der Waals surface area contributed by atoms with E-state index in [0.717, 1.165) is 11.2 Å². The molecule has 0 aromatic carbocycles. The zero-order valence-electron chi connectivity index (χ0n) is 5.89. The molecule has 0 fully saturated rings. The van der Waals surface area contributed by atoms with Crippen LogP contribution in [0.2, 0.25) is 0 Å². The van der Waals surface area contributed by atoms with Crippen LogP contribution < -0.4 is 5.73 Å². The van der Waals surface area contributed by atoms with Gasteiger partial charge in [0.2, 0.25) is 5.84 Å². The van der Waals surface area contributed by atoms with Crippen LogP contribution >= 0.6 is 0 Å². The van der Waals surface area contributed by atoms with Crippen molar-refractivity contribution in [2.75, 3.05) is 7.05 Å². The third kappa shape index (κ3) is 3.49. The first kappa shape index (κ1) is 9.80. The minimum Gasteiger partial charge on any atom is -0.378 e. The number of hydrazone groups is 1. The Morgan fingerprint density at radius 1 is 1.64 bits per heavy atom. The highest BCUT2D eigenvalue weighted by Gasteiger charge is 2.33. The SMILES string of the molecule is C=CN(C)/N=C(\N)C(F)(F)F. The first-order chi connectivity index (χ1) is 4.88. The van der Waals surface area contributed by atoms with Crippen molar-refractivity contribution in [3.8, 4) is 0 Å². The standard InChI is InChI=1S/C5H8F3N3/c1-3-11(2)10-4(9)5(6,7)8/h3H,1H2,2H3,(H2,9,10). The fraction of sp³-hybridized carbons (Fsp3) is 0.400. The molecule has 0 aromatic heterocycles. The molecule has 0 radical (unpaired) electrons. The molecule has 0 unspecified atom stereocenters. The van der Waals surface area contributed by atoms with E-state index >= 15 is 0 Å². The molecule has 0 aromatic rings. The summed E-state index contributed by atoms with van der Waals surface area (Å²) < 4.78 is 34.9. The van der Waals surface area contributed by atoms with Gasteiger partial charge < -0.3 is 5.73 Å². The minimum atomic E-state index is -4.57. The molecule has 0 bridgehead atoms. The van der Waals surface area contributed by atoms with Gasteiger partial charge in [0.25, 0.3) is 0 Å². The van der Waals surface area contributed by atoms with E-state index in [1.165, 1.54) is 7.05 Å². The van der Waals surface area contributed by atoms with Gasteiger partial charge in [-0.1, -0.05) is 6.58 Å². The number of nitrogens with zero attached hydrogens (tertiary/aromatic N) is 2. The van der Waals surface area contributed by atoms with E-state index < -0.39 is 12.0 Å². The van der Waals surface area contributed by atoms with Crippen molar-refractivity contribution >= 4 is 5.84 Å². The summed E-state index contributed by atoms with van der Waals surface area (Å²) >= 11 is 0. The van der Waals surface area contributed by atoms with Crippen LogP contribution in [0.25, 0.3) is 0 Å². The molecular weight excluding hydrogens is 159 g/mol. The summed E-state index contributed by atoms with van der Waals surface area (Å²) in [5.74, 6) is -1.39. The third-order valence-electron chi connectivity index (χ3n) is 0.820. The second-order valence-corrected chi connectivity index (χ2v) is 1.74. The Labute approximate surface area is 62.0 Å². The smallest absolute Gasteiger partial charge is 0.378 e. The molecule has 2 N–H and O–H groups in total. The second-order valence-electron chi connectivity index (χ2n) is 1.74. The van der Waals surface area contributed by atoms with Crippen LogP contribution in [0.3, 0.4) is 0 Å². The highest BCUT2D eigenvalue weighted by molar-refractivity contribution is 5.85. The highest BCUT2D eigenvalue weighted by atomic mass is 19.4. The van der Waals surface area contributed by atoms with Gasteiger partial charge in [0.15, 0.2) is 0 Å². The molecule has 3 nitrogen and oxygen atoms in total. The normalized spacial score (nSPS) is 12.9. The van der Waals surface area contributed by atoms with E-state index in [9.17, 15) is 13.2 Å². The van der Waals surface area contributed by atoms with E-state index in [-0.39, 0.29) is 0 Å². The lowest BCUT2D eigenvalue weighted by atomic mass is 10.6. The largest absolute Gasteiger partial charge is 0.450 e. The van der Waals surface area contributed by atoms with Gasteiger partial charge in [0.05, 0.1) is 0 Å². The van der Waals surface area contributed by atoms with Crippen molar-refractivity contribution < 1.29 is 13.2 Å². The number of hydrogen-bond acceptors (Lipinski definition) is 2. The molecule has 11 heavy (non-hydrogen) atoms. The number of nitrogens with two attached hydrogens (primary N) is 1. The summed E-state index contributed by atoms with van der Waals surface area (Å²) in [6, 6.07) is 0. The van der Waals surface area contributed by atoms with Crippen LogP contribution in [0.5, 0.6) is 0 Å². The molecule has 0 aliphatic heterocycles. The summed E-state index contributed by atoms with van der Waals surface area (Å²) in [5, 5.41) is 3.83. The third-order valence-corrected chi connectivity index (χ3v) is 0.820. The molecule has 0 rings (SSSR count). The van der Waals surface area contributed by atoms with E-state index in [1.807, 2.05) is 0 Å². The van der Waals surface area contributed by atoms with Crippen LogP contribution in [-0.2, 0) is 0 Å². The maximum atomic E-state index is 11.6. The van der Waals surface area contributed by atoms with Crippen molar-refractivity contribution in [3.05, 3.63) is 12.8 Å². The summed E-state index contributed by atoms with van der Waals surface area (Å²) in [5.41, 5.74) is 4.56. The van der Waals surface area contributed by atoms with Crippen molar-refractivity contribution in [2.24, 2.45) is 10.8 Å². The van der Waals surface area contributed by atoms with Gasteiger partial charge in [-0.3, -0.25) is 5.01 Å². The van der Waals surface area contributed by atoms with Gasteiger partial charge in [0.1, 0.15) is 0 Å². The lowest BCUT2D eigenvalue weighted by molar-refractivity contribution is -0.0609. The molecule has 0 saturated heterocycles. The molecule has 0 saturated carbocycles. The fourth-order valence-electron chi connectivity index (χ4n) is 0.267. The number of alkyl halides is 3. The summed E-state index contributed by atoms with van der Waals surface area (Å²) in [6.07, 6.45) is -3.46. The van der Waals surface area contributed by atoms with Gasteiger partial charge in [-0.2, -0.15) is 18.3 Å². The van der Waals surface area contributed by atoms with Crippen LogP contribution in [0, 0.1) is 0 Å². The predicted octanol–water partition coefficient (Wildman–Crippen LogP) is 0.896. The molecular formula is C5H8F3N3. The van der Waals surface area contributed by atoms with Crippen molar-refractivity contribution in [1.29, 1.82) is 0 Å². The highest BCUT2D eigenvalue weighted by Crippen LogP contribution is 2.14. The maximum absolute atomic E-state index is 11.6. The van der Waals surface area contributed by atoms with Gasteiger partial charge in [-0.25, -0.2) is 0 Å².